The van der Waals surface area contributed by atoms with Crippen LogP contribution in [0.2, 0.25) is 0 Å². The van der Waals surface area contributed by atoms with Gasteiger partial charge in [-0.05, 0) is 43.5 Å². The van der Waals surface area contributed by atoms with Crippen molar-refractivity contribution in [2.75, 3.05) is 17.7 Å². The van der Waals surface area contributed by atoms with Crippen LogP contribution in [0.4, 0.5) is 17.2 Å². The number of imidazole rings is 1. The Balaban J connectivity index is 1.73. The standard InChI is InChI=1S/C16H18N6O2/c17-10-4-6-11(7-5-10)19-14-13-15(21-16(23)20-14)22(9-18-13)12-3-1-2-8-24-12/h4-7,9,12H,1-3,8,17H2,(H2,19,20,21,23). The fourth-order valence-electron chi connectivity index (χ4n) is 2.85. The molecule has 1 aliphatic rings. The van der Waals surface area contributed by atoms with Gasteiger partial charge in [-0.1, -0.05) is 0 Å². The van der Waals surface area contributed by atoms with Crippen molar-refractivity contribution in [3.63, 3.8) is 0 Å². The minimum atomic E-state index is -0.307. The molecule has 3 heterocycles. The minimum Gasteiger partial charge on any atom is -0.479 e. The first-order valence-corrected chi connectivity index (χ1v) is 7.88. The second-order valence-electron chi connectivity index (χ2n) is 5.76. The highest BCUT2D eigenvalue weighted by Crippen LogP contribution is 2.30. The lowest BCUT2D eigenvalue weighted by atomic mass is 10.2. The van der Waals surface area contributed by atoms with Gasteiger partial charge in [0.1, 0.15) is 6.23 Å². The van der Waals surface area contributed by atoms with Crippen LogP contribution in [-0.2, 0) is 4.74 Å². The summed E-state index contributed by atoms with van der Waals surface area (Å²) in [5.74, 6) is 0.442. The van der Waals surface area contributed by atoms with Crippen LogP contribution < -0.4 is 11.1 Å². The molecule has 2 aromatic heterocycles. The van der Waals surface area contributed by atoms with E-state index < -0.39 is 0 Å². The molecule has 0 aliphatic carbocycles. The second-order valence-corrected chi connectivity index (χ2v) is 5.76. The van der Waals surface area contributed by atoms with E-state index in [0.29, 0.717) is 22.7 Å². The van der Waals surface area contributed by atoms with Crippen LogP contribution in [-0.4, -0.2) is 31.2 Å². The molecule has 4 N–H and O–H groups in total. The number of benzene rings is 1. The van der Waals surface area contributed by atoms with Crippen molar-refractivity contribution < 1.29 is 9.84 Å². The summed E-state index contributed by atoms with van der Waals surface area (Å²) < 4.78 is 7.64. The van der Waals surface area contributed by atoms with E-state index in [4.69, 9.17) is 10.5 Å². The first-order valence-electron chi connectivity index (χ1n) is 7.88. The van der Waals surface area contributed by atoms with Crippen molar-refractivity contribution >= 4 is 28.4 Å². The Hall–Kier alpha value is -2.87. The van der Waals surface area contributed by atoms with E-state index in [2.05, 4.69) is 20.3 Å². The summed E-state index contributed by atoms with van der Waals surface area (Å²) in [6.07, 6.45) is 4.63. The molecular weight excluding hydrogens is 308 g/mol. The van der Waals surface area contributed by atoms with E-state index in [0.717, 1.165) is 31.6 Å². The Morgan fingerprint density at radius 1 is 1.21 bits per heavy atom. The SMILES string of the molecule is Nc1ccc(Nc2nc(O)nc3c2ncn3C2CCCCO2)cc1. The maximum Gasteiger partial charge on any atom is 0.318 e. The number of hydrogen-bond donors (Lipinski definition) is 3. The number of ether oxygens (including phenoxy) is 1. The summed E-state index contributed by atoms with van der Waals surface area (Å²) in [7, 11) is 0. The number of nitrogens with zero attached hydrogens (tertiary/aromatic N) is 4. The normalized spacial score (nSPS) is 17.9. The van der Waals surface area contributed by atoms with E-state index in [1.54, 1.807) is 18.5 Å². The van der Waals surface area contributed by atoms with Crippen LogP contribution in [0.1, 0.15) is 25.5 Å². The third-order valence-electron chi connectivity index (χ3n) is 4.05. The van der Waals surface area contributed by atoms with Gasteiger partial charge in [-0.25, -0.2) is 4.98 Å². The van der Waals surface area contributed by atoms with Gasteiger partial charge in [0.05, 0.1) is 6.33 Å². The summed E-state index contributed by atoms with van der Waals surface area (Å²) in [5.41, 5.74) is 8.30. The van der Waals surface area contributed by atoms with Crippen molar-refractivity contribution in [1.82, 2.24) is 19.5 Å². The molecule has 0 bridgehead atoms. The quantitative estimate of drug-likeness (QED) is 0.634. The highest BCUT2D eigenvalue weighted by Gasteiger charge is 2.21. The number of rotatable bonds is 3. The zero-order valence-corrected chi connectivity index (χ0v) is 13.0. The average Bonchev–Trinajstić information content (AvgIpc) is 3.01. The average molecular weight is 326 g/mol. The third-order valence-corrected chi connectivity index (χ3v) is 4.05. The van der Waals surface area contributed by atoms with Crippen LogP contribution in [0.5, 0.6) is 6.01 Å². The molecule has 1 fully saturated rings. The molecule has 4 rings (SSSR count). The highest BCUT2D eigenvalue weighted by atomic mass is 16.5. The van der Waals surface area contributed by atoms with Gasteiger partial charge in [0.25, 0.3) is 0 Å². The highest BCUT2D eigenvalue weighted by molar-refractivity contribution is 5.85. The summed E-state index contributed by atoms with van der Waals surface area (Å²) in [6.45, 7) is 0.720. The lowest BCUT2D eigenvalue weighted by molar-refractivity contribution is -0.0298. The van der Waals surface area contributed by atoms with E-state index in [9.17, 15) is 5.11 Å². The van der Waals surface area contributed by atoms with Crippen molar-refractivity contribution in [2.24, 2.45) is 0 Å². The van der Waals surface area contributed by atoms with Gasteiger partial charge in [-0.15, -0.1) is 0 Å². The summed E-state index contributed by atoms with van der Waals surface area (Å²) in [6, 6.07) is 6.94. The van der Waals surface area contributed by atoms with Crippen LogP contribution in [0, 0.1) is 0 Å². The Morgan fingerprint density at radius 2 is 2.04 bits per heavy atom. The van der Waals surface area contributed by atoms with Crippen LogP contribution in [0.15, 0.2) is 30.6 Å². The number of nitrogens with two attached hydrogens (primary N) is 1. The molecule has 0 radical (unpaired) electrons. The molecule has 1 aliphatic heterocycles. The Bertz CT molecular complexity index is 855. The summed E-state index contributed by atoms with van der Waals surface area (Å²) in [4.78, 5) is 12.6. The van der Waals surface area contributed by atoms with Crippen LogP contribution >= 0.6 is 0 Å². The largest absolute Gasteiger partial charge is 0.479 e. The monoisotopic (exact) mass is 326 g/mol. The molecule has 124 valence electrons. The number of nitrogen functional groups attached to an aromatic ring is 1. The Kier molecular flexibility index (Phi) is 3.66. The number of nitrogens with one attached hydrogen (secondary N) is 1. The zero-order chi connectivity index (χ0) is 16.5. The van der Waals surface area contributed by atoms with Gasteiger partial charge >= 0.3 is 6.01 Å². The molecule has 0 saturated carbocycles. The fraction of sp³-hybridized carbons (Fsp3) is 0.312. The Morgan fingerprint density at radius 3 is 2.79 bits per heavy atom. The Labute approximate surface area is 138 Å². The number of hydrogen-bond acceptors (Lipinski definition) is 7. The number of anilines is 3. The van der Waals surface area contributed by atoms with Gasteiger partial charge in [0, 0.05) is 18.0 Å². The predicted octanol–water partition coefficient (Wildman–Crippen LogP) is 2.56. The molecule has 1 saturated heterocycles. The van der Waals surface area contributed by atoms with Crippen molar-refractivity contribution in [3.05, 3.63) is 30.6 Å². The molecular formula is C16H18N6O2. The predicted molar refractivity (Wildman–Crippen MR) is 90.0 cm³/mol. The molecule has 8 nitrogen and oxygen atoms in total. The van der Waals surface area contributed by atoms with E-state index in [1.165, 1.54) is 0 Å². The lowest BCUT2D eigenvalue weighted by Crippen LogP contribution is -2.17. The first-order chi connectivity index (χ1) is 11.7. The van der Waals surface area contributed by atoms with Gasteiger partial charge in [-0.2, -0.15) is 9.97 Å². The molecule has 1 atom stereocenters. The van der Waals surface area contributed by atoms with Gasteiger partial charge < -0.3 is 20.9 Å². The topological polar surface area (TPSA) is 111 Å². The van der Waals surface area contributed by atoms with Gasteiger partial charge in [0.2, 0.25) is 0 Å². The van der Waals surface area contributed by atoms with Crippen molar-refractivity contribution in [1.29, 1.82) is 0 Å². The maximum atomic E-state index is 9.91. The number of fused-ring (bicyclic) bond motifs is 1. The van der Waals surface area contributed by atoms with E-state index in [-0.39, 0.29) is 12.2 Å². The molecule has 1 unspecified atom stereocenters. The zero-order valence-electron chi connectivity index (χ0n) is 13.0. The van der Waals surface area contributed by atoms with E-state index >= 15 is 0 Å². The third kappa shape index (κ3) is 2.71. The second kappa shape index (κ2) is 5.97. The molecule has 0 amide bonds. The minimum absolute atomic E-state index is 0.109. The van der Waals surface area contributed by atoms with Crippen LogP contribution in [0.25, 0.3) is 11.2 Å². The van der Waals surface area contributed by atoms with Crippen molar-refractivity contribution in [2.45, 2.75) is 25.5 Å². The van der Waals surface area contributed by atoms with Crippen LogP contribution in [0.3, 0.4) is 0 Å². The smallest absolute Gasteiger partial charge is 0.318 e. The van der Waals surface area contributed by atoms with E-state index in [1.807, 2.05) is 16.7 Å². The first kappa shape index (κ1) is 14.7. The molecule has 24 heavy (non-hydrogen) atoms. The molecule has 3 aromatic rings. The summed E-state index contributed by atoms with van der Waals surface area (Å²) >= 11 is 0. The molecule has 0 spiro atoms. The summed E-state index contributed by atoms with van der Waals surface area (Å²) in [5, 5.41) is 13.1. The van der Waals surface area contributed by atoms with Gasteiger partial charge in [-0.3, -0.25) is 4.57 Å². The molecule has 1 aromatic carbocycles. The number of aromatic hydroxyl groups is 1. The number of aromatic nitrogens is 4. The van der Waals surface area contributed by atoms with Crippen molar-refractivity contribution in [3.8, 4) is 6.01 Å². The van der Waals surface area contributed by atoms with Gasteiger partial charge in [0.15, 0.2) is 17.0 Å². The molecule has 8 heteroatoms. The maximum absolute atomic E-state index is 9.91. The fourth-order valence-corrected chi connectivity index (χ4v) is 2.85. The lowest BCUT2D eigenvalue weighted by Gasteiger charge is -2.23.